The van der Waals surface area contributed by atoms with Crippen molar-refractivity contribution < 1.29 is 9.59 Å². The molecule has 2 saturated heterocycles. The predicted octanol–water partition coefficient (Wildman–Crippen LogP) is 6.28. The standard InChI is InChI=1S/C40H44Cl2N8O2/c1-49-19-17-31(43-21-23-9-15-35(51)45-23)29-11-13-33(47-39(29)49)27-7-3-5-25(37(27)41)26-6-4-8-28(38(26)42)34-14-12-30-32(18-20-50(2)40(30)48-34)44-22-24-10-16-36(52)46-24/h3-8,11-14,23-24,31-32,43-44H,9-10,15-22H2,1-2H3,(H,45,51)(H,46,52)/t23-,24-,31-,32-/m0/s1. The van der Waals surface area contributed by atoms with Gasteiger partial charge in [0.05, 0.1) is 21.4 Å². The second-order valence-corrected chi connectivity index (χ2v) is 15.3. The lowest BCUT2D eigenvalue weighted by Gasteiger charge is -2.33. The van der Waals surface area contributed by atoms with Gasteiger partial charge in [-0.2, -0.15) is 0 Å². The number of amides is 2. The van der Waals surface area contributed by atoms with Crippen molar-refractivity contribution in [1.29, 1.82) is 0 Å². The highest BCUT2D eigenvalue weighted by atomic mass is 35.5. The number of nitrogens with zero attached hydrogens (tertiary/aromatic N) is 4. The summed E-state index contributed by atoms with van der Waals surface area (Å²) < 4.78 is 0. The Bertz CT molecular complexity index is 1880. The molecule has 4 aliphatic heterocycles. The Labute approximate surface area is 314 Å². The number of hydrogen-bond donors (Lipinski definition) is 4. The molecule has 0 aliphatic carbocycles. The zero-order valence-electron chi connectivity index (χ0n) is 29.5. The van der Waals surface area contributed by atoms with Gasteiger partial charge in [0.2, 0.25) is 11.8 Å². The third kappa shape index (κ3) is 6.85. The first kappa shape index (κ1) is 34.8. The Morgan fingerprint density at radius 2 is 1.06 bits per heavy atom. The minimum atomic E-state index is 0.132. The summed E-state index contributed by atoms with van der Waals surface area (Å²) in [6.07, 6.45) is 4.86. The smallest absolute Gasteiger partial charge is 0.220 e. The second-order valence-electron chi connectivity index (χ2n) is 14.5. The number of anilines is 2. The van der Waals surface area contributed by atoms with E-state index in [1.54, 1.807) is 0 Å². The van der Waals surface area contributed by atoms with Crippen LogP contribution in [0.3, 0.4) is 0 Å². The molecule has 0 saturated carbocycles. The Hall–Kier alpha value is -4.22. The number of rotatable bonds is 9. The van der Waals surface area contributed by atoms with Crippen molar-refractivity contribution in [3.63, 3.8) is 0 Å². The van der Waals surface area contributed by atoms with Crippen molar-refractivity contribution in [1.82, 2.24) is 31.2 Å². The number of benzene rings is 2. The summed E-state index contributed by atoms with van der Waals surface area (Å²) in [5.41, 5.74) is 7.23. The van der Waals surface area contributed by atoms with Crippen molar-refractivity contribution in [2.75, 3.05) is 50.1 Å². The fraction of sp³-hybridized carbons (Fsp3) is 0.400. The van der Waals surface area contributed by atoms with E-state index in [0.717, 1.165) is 108 Å². The lowest BCUT2D eigenvalue weighted by Crippen LogP contribution is -2.40. The first-order valence-corrected chi connectivity index (χ1v) is 19.1. The van der Waals surface area contributed by atoms with E-state index in [4.69, 9.17) is 33.2 Å². The second kappa shape index (κ2) is 14.7. The maximum Gasteiger partial charge on any atom is 0.220 e. The third-order valence-electron chi connectivity index (χ3n) is 11.0. The number of carbonyl (C=O) groups is 2. The molecular weight excluding hydrogens is 695 g/mol. The van der Waals surface area contributed by atoms with E-state index < -0.39 is 0 Å². The van der Waals surface area contributed by atoms with E-state index in [-0.39, 0.29) is 36.0 Å². The maximum atomic E-state index is 11.7. The Balaban J connectivity index is 1.05. The minimum absolute atomic E-state index is 0.132. The van der Waals surface area contributed by atoms with Crippen molar-refractivity contribution in [2.45, 2.75) is 62.7 Å². The van der Waals surface area contributed by atoms with Gasteiger partial charge in [-0.3, -0.25) is 9.59 Å². The molecule has 2 aromatic carbocycles. The number of pyridine rings is 2. The highest BCUT2D eigenvalue weighted by Crippen LogP contribution is 2.44. The minimum Gasteiger partial charge on any atom is -0.359 e. The van der Waals surface area contributed by atoms with Crippen molar-refractivity contribution in [3.8, 4) is 33.6 Å². The molecule has 0 unspecified atom stereocenters. The lowest BCUT2D eigenvalue weighted by molar-refractivity contribution is -0.120. The van der Waals surface area contributed by atoms with Gasteiger partial charge >= 0.3 is 0 Å². The summed E-state index contributed by atoms with van der Waals surface area (Å²) in [5.74, 6) is 2.13. The lowest BCUT2D eigenvalue weighted by atomic mass is 9.95. The van der Waals surface area contributed by atoms with Gasteiger partial charge in [-0.15, -0.1) is 0 Å². The van der Waals surface area contributed by atoms with E-state index in [0.29, 0.717) is 22.9 Å². The SMILES string of the molecule is CN1CC[C@H](NC[C@@H]2CCC(=O)N2)c2ccc(-c3cccc(-c4cccc(-c5ccc6c(n5)N(C)CC[C@@H]6NC[C@@H]5CCC(=O)N5)c4Cl)c3Cl)nc21. The van der Waals surface area contributed by atoms with Gasteiger partial charge in [0.1, 0.15) is 11.6 Å². The Kier molecular flexibility index (Phi) is 9.82. The van der Waals surface area contributed by atoms with Crippen LogP contribution in [0.2, 0.25) is 10.0 Å². The topological polar surface area (TPSA) is 115 Å². The number of carbonyl (C=O) groups excluding carboxylic acids is 2. The van der Waals surface area contributed by atoms with Gasteiger partial charge in [0, 0.05) is 111 Å². The molecule has 0 radical (unpaired) electrons. The summed E-state index contributed by atoms with van der Waals surface area (Å²) in [6, 6.07) is 21.1. The van der Waals surface area contributed by atoms with Crippen LogP contribution in [0.1, 0.15) is 61.7 Å². The molecule has 2 fully saturated rings. The molecule has 0 bridgehead atoms. The van der Waals surface area contributed by atoms with E-state index >= 15 is 0 Å². The van der Waals surface area contributed by atoms with E-state index in [1.807, 2.05) is 48.5 Å². The molecule has 4 atom stereocenters. The van der Waals surface area contributed by atoms with Crippen molar-refractivity contribution in [3.05, 3.63) is 81.8 Å². The number of hydrogen-bond acceptors (Lipinski definition) is 8. The van der Waals surface area contributed by atoms with E-state index in [1.165, 1.54) is 0 Å². The highest BCUT2D eigenvalue weighted by Gasteiger charge is 2.30. The summed E-state index contributed by atoms with van der Waals surface area (Å²) in [7, 11) is 4.15. The fourth-order valence-corrected chi connectivity index (χ4v) is 8.72. The van der Waals surface area contributed by atoms with Gasteiger partial charge in [-0.05, 0) is 37.8 Å². The van der Waals surface area contributed by atoms with Gasteiger partial charge in [0.15, 0.2) is 0 Å². The quantitative estimate of drug-likeness (QED) is 0.159. The summed E-state index contributed by atoms with van der Waals surface area (Å²) in [6.45, 7) is 3.23. The van der Waals surface area contributed by atoms with Gasteiger partial charge in [-0.1, -0.05) is 71.7 Å². The first-order chi connectivity index (χ1) is 25.2. The zero-order valence-corrected chi connectivity index (χ0v) is 31.0. The summed E-state index contributed by atoms with van der Waals surface area (Å²) in [4.78, 5) is 38.1. The molecule has 0 spiro atoms. The molecule has 4 aliphatic rings. The van der Waals surface area contributed by atoms with Crippen LogP contribution in [0.4, 0.5) is 11.6 Å². The Morgan fingerprint density at radius 3 is 1.46 bits per heavy atom. The number of aromatic nitrogens is 2. The maximum absolute atomic E-state index is 11.7. The normalized spacial score (nSPS) is 22.6. The third-order valence-corrected chi connectivity index (χ3v) is 11.8. The molecule has 270 valence electrons. The van der Waals surface area contributed by atoms with Gasteiger partial charge < -0.3 is 31.1 Å². The van der Waals surface area contributed by atoms with Crippen LogP contribution in [-0.4, -0.2) is 74.1 Å². The van der Waals surface area contributed by atoms with Gasteiger partial charge in [-0.25, -0.2) is 9.97 Å². The average Bonchev–Trinajstić information content (AvgIpc) is 3.78. The molecule has 2 amide bonds. The molecule has 4 aromatic rings. The van der Waals surface area contributed by atoms with Crippen LogP contribution in [0, 0.1) is 0 Å². The van der Waals surface area contributed by atoms with Crippen LogP contribution in [-0.2, 0) is 9.59 Å². The predicted molar refractivity (Wildman–Crippen MR) is 208 cm³/mol. The molecular formula is C40H44Cl2N8O2. The molecule has 12 heteroatoms. The molecule has 2 aromatic heterocycles. The molecule has 6 heterocycles. The fourth-order valence-electron chi connectivity index (χ4n) is 8.07. The monoisotopic (exact) mass is 738 g/mol. The number of halogens is 2. The number of nitrogens with one attached hydrogen (secondary N) is 4. The first-order valence-electron chi connectivity index (χ1n) is 18.3. The van der Waals surface area contributed by atoms with Crippen LogP contribution < -0.4 is 31.1 Å². The van der Waals surface area contributed by atoms with E-state index in [2.05, 4.69) is 57.3 Å². The molecule has 4 N–H and O–H groups in total. The number of fused-ring (bicyclic) bond motifs is 2. The zero-order chi connectivity index (χ0) is 35.9. The average molecular weight is 740 g/mol. The van der Waals surface area contributed by atoms with E-state index in [9.17, 15) is 9.59 Å². The summed E-state index contributed by atoms with van der Waals surface area (Å²) >= 11 is 14.5. The van der Waals surface area contributed by atoms with Crippen molar-refractivity contribution in [2.24, 2.45) is 0 Å². The van der Waals surface area contributed by atoms with Gasteiger partial charge in [0.25, 0.3) is 0 Å². The Morgan fingerprint density at radius 1 is 0.635 bits per heavy atom. The van der Waals surface area contributed by atoms with Crippen LogP contribution in [0.25, 0.3) is 33.6 Å². The molecule has 52 heavy (non-hydrogen) atoms. The molecule has 10 nitrogen and oxygen atoms in total. The summed E-state index contributed by atoms with van der Waals surface area (Å²) in [5, 5.41) is 14.7. The van der Waals surface area contributed by atoms with Crippen LogP contribution in [0.5, 0.6) is 0 Å². The largest absolute Gasteiger partial charge is 0.359 e. The van der Waals surface area contributed by atoms with Crippen LogP contribution >= 0.6 is 23.2 Å². The highest BCUT2D eigenvalue weighted by molar-refractivity contribution is 6.39. The van der Waals surface area contributed by atoms with Crippen LogP contribution in [0.15, 0.2) is 60.7 Å². The van der Waals surface area contributed by atoms with Crippen molar-refractivity contribution >= 4 is 46.7 Å². The molecule has 8 rings (SSSR count).